The molecule has 0 amide bonds. The predicted molar refractivity (Wildman–Crippen MR) is 129 cm³/mol. The second kappa shape index (κ2) is 12.4. The van der Waals surface area contributed by atoms with Crippen molar-refractivity contribution in [3.63, 3.8) is 0 Å². The lowest BCUT2D eigenvalue weighted by Gasteiger charge is -2.11. The van der Waals surface area contributed by atoms with Crippen LogP contribution in [0.5, 0.6) is 0 Å². The van der Waals surface area contributed by atoms with Crippen LogP contribution in [0.15, 0.2) is 66.0 Å². The highest BCUT2D eigenvalue weighted by Crippen LogP contribution is 2.06. The lowest BCUT2D eigenvalue weighted by molar-refractivity contribution is 0.686. The fourth-order valence-corrected chi connectivity index (χ4v) is 2.85. The van der Waals surface area contributed by atoms with E-state index in [4.69, 9.17) is 11.6 Å². The van der Waals surface area contributed by atoms with E-state index in [1.165, 1.54) is 5.56 Å². The molecule has 2 N–H and O–H groups in total. The first kappa shape index (κ1) is 23.2. The maximum absolute atomic E-state index is 5.82. The number of halogens is 2. The van der Waals surface area contributed by atoms with Crippen LogP contribution in [0.2, 0.25) is 5.15 Å². The molecule has 0 unspecified atom stereocenters. The molecule has 0 radical (unpaired) electrons. The smallest absolute Gasteiger partial charge is 0.191 e. The number of pyridine rings is 1. The van der Waals surface area contributed by atoms with E-state index in [1.54, 1.807) is 6.20 Å². The van der Waals surface area contributed by atoms with Crippen molar-refractivity contribution < 1.29 is 0 Å². The Hall–Kier alpha value is -2.13. The van der Waals surface area contributed by atoms with Gasteiger partial charge >= 0.3 is 0 Å². The summed E-state index contributed by atoms with van der Waals surface area (Å²) in [6.45, 7) is 4.97. The molecule has 0 saturated heterocycles. The Morgan fingerprint density at radius 2 is 1.86 bits per heavy atom. The third-order valence-electron chi connectivity index (χ3n) is 4.13. The Bertz CT molecular complexity index is 880. The molecule has 2 heterocycles. The van der Waals surface area contributed by atoms with Gasteiger partial charge in [0, 0.05) is 31.0 Å². The highest BCUT2D eigenvalue weighted by Gasteiger charge is 2.02. The largest absolute Gasteiger partial charge is 0.357 e. The number of nitrogens with zero attached hydrogens (tertiary/aromatic N) is 4. The standard InChI is InChI=1S/C21H25ClN6.HI/c1-2-23-21(24-11-10-17-8-9-20(22)25-12-17)26-13-19-14-27-28(16-19)15-18-6-4-3-5-7-18;/h3-9,12,14,16H,2,10-11,13,15H2,1H3,(H2,23,24,26);1H. The molecule has 0 saturated carbocycles. The summed E-state index contributed by atoms with van der Waals surface area (Å²) in [5.41, 5.74) is 3.44. The quantitative estimate of drug-likeness (QED) is 0.203. The van der Waals surface area contributed by atoms with Gasteiger partial charge < -0.3 is 10.6 Å². The third kappa shape index (κ3) is 8.02. The minimum Gasteiger partial charge on any atom is -0.357 e. The van der Waals surface area contributed by atoms with Gasteiger partial charge in [-0.3, -0.25) is 4.68 Å². The summed E-state index contributed by atoms with van der Waals surface area (Å²) in [6.07, 6.45) is 6.56. The van der Waals surface area contributed by atoms with Crippen LogP contribution in [-0.2, 0) is 19.5 Å². The van der Waals surface area contributed by atoms with E-state index < -0.39 is 0 Å². The SMILES string of the molecule is CCNC(=NCc1cnn(Cc2ccccc2)c1)NCCc1ccc(Cl)nc1.I. The van der Waals surface area contributed by atoms with Gasteiger partial charge in [-0.05, 0) is 30.5 Å². The Kier molecular flexibility index (Phi) is 9.93. The van der Waals surface area contributed by atoms with Gasteiger partial charge in [0.2, 0.25) is 0 Å². The summed E-state index contributed by atoms with van der Waals surface area (Å²) < 4.78 is 1.94. The highest BCUT2D eigenvalue weighted by atomic mass is 127. The molecule has 0 aliphatic rings. The van der Waals surface area contributed by atoms with Crippen molar-refractivity contribution in [2.75, 3.05) is 13.1 Å². The van der Waals surface area contributed by atoms with Gasteiger partial charge in [-0.2, -0.15) is 5.10 Å². The molecule has 29 heavy (non-hydrogen) atoms. The van der Waals surface area contributed by atoms with Gasteiger partial charge in [0.1, 0.15) is 5.15 Å². The van der Waals surface area contributed by atoms with Gasteiger partial charge in [-0.15, -0.1) is 24.0 Å². The molecule has 0 aliphatic heterocycles. The first-order chi connectivity index (χ1) is 13.7. The summed E-state index contributed by atoms with van der Waals surface area (Å²) in [7, 11) is 0. The van der Waals surface area contributed by atoms with E-state index in [1.807, 2.05) is 47.4 Å². The maximum Gasteiger partial charge on any atom is 0.191 e. The number of rotatable bonds is 8. The monoisotopic (exact) mass is 524 g/mol. The van der Waals surface area contributed by atoms with E-state index in [0.717, 1.165) is 43.1 Å². The number of hydrogen-bond donors (Lipinski definition) is 2. The van der Waals surface area contributed by atoms with E-state index >= 15 is 0 Å². The van der Waals surface area contributed by atoms with E-state index in [2.05, 4.69) is 44.8 Å². The Balaban J connectivity index is 0.00000300. The molecule has 154 valence electrons. The molecule has 2 aromatic heterocycles. The minimum absolute atomic E-state index is 0. The fourth-order valence-electron chi connectivity index (χ4n) is 2.74. The first-order valence-corrected chi connectivity index (χ1v) is 9.78. The van der Waals surface area contributed by atoms with Crippen molar-refractivity contribution in [3.05, 3.63) is 82.9 Å². The maximum atomic E-state index is 5.82. The molecule has 6 nitrogen and oxygen atoms in total. The summed E-state index contributed by atoms with van der Waals surface area (Å²) in [4.78, 5) is 8.76. The molecule has 1 aromatic carbocycles. The summed E-state index contributed by atoms with van der Waals surface area (Å²) >= 11 is 5.82. The Morgan fingerprint density at radius 3 is 2.59 bits per heavy atom. The minimum atomic E-state index is 0. The van der Waals surface area contributed by atoms with Crippen molar-refractivity contribution in [1.29, 1.82) is 0 Å². The van der Waals surface area contributed by atoms with Gasteiger partial charge in [0.15, 0.2) is 5.96 Å². The van der Waals surface area contributed by atoms with Crippen LogP contribution in [0.4, 0.5) is 0 Å². The van der Waals surface area contributed by atoms with Crippen LogP contribution in [0.3, 0.4) is 0 Å². The van der Waals surface area contributed by atoms with Crippen LogP contribution < -0.4 is 10.6 Å². The average molecular weight is 525 g/mol. The van der Waals surface area contributed by atoms with Crippen molar-refractivity contribution >= 4 is 41.5 Å². The summed E-state index contributed by atoms with van der Waals surface area (Å²) in [5.74, 6) is 0.792. The Labute approximate surface area is 193 Å². The molecule has 8 heteroatoms. The molecule has 0 atom stereocenters. The molecular formula is C21H26ClIN6. The number of guanidine groups is 1. The van der Waals surface area contributed by atoms with Gasteiger partial charge in [-0.25, -0.2) is 9.98 Å². The van der Waals surface area contributed by atoms with E-state index in [0.29, 0.717) is 11.7 Å². The van der Waals surface area contributed by atoms with Crippen LogP contribution in [0, 0.1) is 0 Å². The third-order valence-corrected chi connectivity index (χ3v) is 4.36. The molecule has 0 bridgehead atoms. The van der Waals surface area contributed by atoms with Crippen LogP contribution in [0.25, 0.3) is 0 Å². The van der Waals surface area contributed by atoms with Crippen molar-refractivity contribution in [1.82, 2.24) is 25.4 Å². The molecular weight excluding hydrogens is 499 g/mol. The fraction of sp³-hybridized carbons (Fsp3) is 0.286. The van der Waals surface area contributed by atoms with Crippen LogP contribution >= 0.6 is 35.6 Å². The van der Waals surface area contributed by atoms with Gasteiger partial charge in [-0.1, -0.05) is 48.0 Å². The molecule has 3 aromatic rings. The van der Waals surface area contributed by atoms with Crippen molar-refractivity contribution in [2.45, 2.75) is 26.4 Å². The van der Waals surface area contributed by atoms with E-state index in [-0.39, 0.29) is 24.0 Å². The lowest BCUT2D eigenvalue weighted by atomic mass is 10.2. The Morgan fingerprint density at radius 1 is 1.03 bits per heavy atom. The number of hydrogen-bond acceptors (Lipinski definition) is 3. The zero-order valence-corrected chi connectivity index (χ0v) is 19.5. The zero-order valence-electron chi connectivity index (χ0n) is 16.4. The topological polar surface area (TPSA) is 67.1 Å². The van der Waals surface area contributed by atoms with Crippen molar-refractivity contribution in [3.8, 4) is 0 Å². The molecule has 0 fully saturated rings. The second-order valence-electron chi connectivity index (χ2n) is 6.39. The highest BCUT2D eigenvalue weighted by molar-refractivity contribution is 14.0. The first-order valence-electron chi connectivity index (χ1n) is 9.41. The van der Waals surface area contributed by atoms with Crippen molar-refractivity contribution in [2.24, 2.45) is 4.99 Å². The van der Waals surface area contributed by atoms with E-state index in [9.17, 15) is 0 Å². The van der Waals surface area contributed by atoms with Gasteiger partial charge in [0.05, 0.1) is 19.3 Å². The summed E-state index contributed by atoms with van der Waals surface area (Å²) in [6, 6.07) is 14.1. The van der Waals surface area contributed by atoms with Gasteiger partial charge in [0.25, 0.3) is 0 Å². The van der Waals surface area contributed by atoms with Crippen LogP contribution in [-0.4, -0.2) is 33.8 Å². The predicted octanol–water partition coefficient (Wildman–Crippen LogP) is 3.90. The summed E-state index contributed by atoms with van der Waals surface area (Å²) in [5, 5.41) is 11.6. The second-order valence-corrected chi connectivity index (χ2v) is 6.78. The number of aliphatic imine (C=N–C) groups is 1. The normalized spacial score (nSPS) is 11.0. The average Bonchev–Trinajstić information content (AvgIpc) is 3.16. The molecule has 0 spiro atoms. The number of nitrogens with one attached hydrogen (secondary N) is 2. The number of benzene rings is 1. The zero-order chi connectivity index (χ0) is 19.6. The molecule has 3 rings (SSSR count). The number of aromatic nitrogens is 3. The van der Waals surface area contributed by atoms with Crippen LogP contribution in [0.1, 0.15) is 23.6 Å². The molecule has 0 aliphatic carbocycles. The lowest BCUT2D eigenvalue weighted by Crippen LogP contribution is -2.38.